The fourth-order valence-electron chi connectivity index (χ4n) is 3.58. The normalized spacial score (nSPS) is 18.0. The number of rotatable bonds is 4. The van der Waals surface area contributed by atoms with E-state index in [9.17, 15) is 0 Å². The quantitative estimate of drug-likeness (QED) is 0.730. The molecule has 0 saturated heterocycles. The van der Waals surface area contributed by atoms with Crippen LogP contribution in [0.3, 0.4) is 0 Å². The minimum Gasteiger partial charge on any atom is -0.481 e. The lowest BCUT2D eigenvalue weighted by Crippen LogP contribution is -2.32. The van der Waals surface area contributed by atoms with Crippen molar-refractivity contribution in [1.82, 2.24) is 24.3 Å². The molecule has 5 rings (SSSR count). The maximum Gasteiger partial charge on any atom is 0.220 e. The molecule has 0 atom stereocenters. The summed E-state index contributed by atoms with van der Waals surface area (Å²) in [4.78, 5) is 17.1. The molecule has 124 valence electrons. The van der Waals surface area contributed by atoms with E-state index in [1.165, 1.54) is 24.2 Å². The molecule has 0 amide bonds. The number of nitrogens with zero attached hydrogens (tertiary/aromatic N) is 5. The largest absolute Gasteiger partial charge is 0.481 e. The number of fused-ring (bicyclic) bond motifs is 2. The van der Waals surface area contributed by atoms with Crippen molar-refractivity contribution in [1.29, 1.82) is 0 Å². The standard InChI is InChI=1S/C17H19N5OS/c1-23-16-12-8-21(5-4-13(12)18-10-19-16)9-14-15(11-2-3-11)20-17-22(14)6-7-24-17/h6-7,10-11H,2-5,8-9H2,1H3. The summed E-state index contributed by atoms with van der Waals surface area (Å²) in [6.45, 7) is 2.76. The van der Waals surface area contributed by atoms with Crippen molar-refractivity contribution >= 4 is 16.3 Å². The molecule has 0 unspecified atom stereocenters. The molecule has 6 nitrogen and oxygen atoms in total. The molecule has 3 aromatic heterocycles. The summed E-state index contributed by atoms with van der Waals surface area (Å²) in [5.74, 6) is 1.38. The Labute approximate surface area is 144 Å². The van der Waals surface area contributed by atoms with Gasteiger partial charge in [0.05, 0.1) is 24.2 Å². The van der Waals surface area contributed by atoms with Crippen LogP contribution < -0.4 is 4.74 Å². The summed E-state index contributed by atoms with van der Waals surface area (Å²) >= 11 is 1.72. The van der Waals surface area contributed by atoms with Crippen LogP contribution in [0.25, 0.3) is 4.96 Å². The first-order chi connectivity index (χ1) is 11.8. The van der Waals surface area contributed by atoms with Crippen LogP contribution in [-0.4, -0.2) is 37.9 Å². The van der Waals surface area contributed by atoms with Crippen LogP contribution in [0.2, 0.25) is 0 Å². The molecule has 24 heavy (non-hydrogen) atoms. The Bertz CT molecular complexity index is 883. The highest BCUT2D eigenvalue weighted by Gasteiger charge is 2.31. The van der Waals surface area contributed by atoms with Gasteiger partial charge in [-0.3, -0.25) is 9.30 Å². The molecular weight excluding hydrogens is 322 g/mol. The number of methoxy groups -OCH3 is 1. The zero-order valence-electron chi connectivity index (χ0n) is 13.6. The highest BCUT2D eigenvalue weighted by atomic mass is 32.1. The smallest absolute Gasteiger partial charge is 0.220 e. The van der Waals surface area contributed by atoms with Crippen molar-refractivity contribution in [3.05, 3.63) is 40.5 Å². The van der Waals surface area contributed by atoms with Crippen LogP contribution in [0.5, 0.6) is 5.88 Å². The molecule has 1 aliphatic heterocycles. The first-order valence-electron chi connectivity index (χ1n) is 8.37. The zero-order valence-corrected chi connectivity index (χ0v) is 14.4. The van der Waals surface area contributed by atoms with E-state index in [0.717, 1.165) is 42.3 Å². The van der Waals surface area contributed by atoms with E-state index in [1.807, 2.05) is 0 Å². The van der Waals surface area contributed by atoms with E-state index in [4.69, 9.17) is 9.72 Å². The number of hydrogen-bond donors (Lipinski definition) is 0. The average molecular weight is 341 g/mol. The van der Waals surface area contributed by atoms with Gasteiger partial charge in [0.1, 0.15) is 6.33 Å². The molecule has 3 aromatic rings. The number of aromatic nitrogens is 4. The number of ether oxygens (including phenoxy) is 1. The summed E-state index contributed by atoms with van der Waals surface area (Å²) in [6.07, 6.45) is 7.25. The van der Waals surface area contributed by atoms with Crippen molar-refractivity contribution in [3.63, 3.8) is 0 Å². The van der Waals surface area contributed by atoms with Crippen molar-refractivity contribution in [2.45, 2.75) is 38.3 Å². The first kappa shape index (κ1) is 14.4. The van der Waals surface area contributed by atoms with Gasteiger partial charge in [-0.25, -0.2) is 15.0 Å². The summed E-state index contributed by atoms with van der Waals surface area (Å²) in [5.41, 5.74) is 4.91. The minimum absolute atomic E-state index is 0.669. The molecule has 0 aromatic carbocycles. The third-order valence-electron chi connectivity index (χ3n) is 4.96. The van der Waals surface area contributed by atoms with Crippen molar-refractivity contribution in [3.8, 4) is 5.88 Å². The average Bonchev–Trinajstić information content (AvgIpc) is 3.26. The number of thiazole rings is 1. The Morgan fingerprint density at radius 2 is 2.25 bits per heavy atom. The minimum atomic E-state index is 0.669. The second-order valence-electron chi connectivity index (χ2n) is 6.54. The molecule has 2 aliphatic rings. The Morgan fingerprint density at radius 1 is 1.33 bits per heavy atom. The van der Waals surface area contributed by atoms with Crippen LogP contribution >= 0.6 is 11.3 Å². The third-order valence-corrected chi connectivity index (χ3v) is 5.72. The van der Waals surface area contributed by atoms with Crippen molar-refractivity contribution in [2.24, 2.45) is 0 Å². The van der Waals surface area contributed by atoms with Gasteiger partial charge in [0.15, 0.2) is 4.96 Å². The topological polar surface area (TPSA) is 55.6 Å². The van der Waals surface area contributed by atoms with Gasteiger partial charge in [-0.2, -0.15) is 0 Å². The predicted octanol–water partition coefficient (Wildman–Crippen LogP) is 2.63. The fraction of sp³-hybridized carbons (Fsp3) is 0.471. The Morgan fingerprint density at radius 3 is 3.08 bits per heavy atom. The van der Waals surface area contributed by atoms with Crippen molar-refractivity contribution < 1.29 is 4.74 Å². The van der Waals surface area contributed by atoms with Gasteiger partial charge in [-0.05, 0) is 12.8 Å². The van der Waals surface area contributed by atoms with Gasteiger partial charge >= 0.3 is 0 Å². The van der Waals surface area contributed by atoms with E-state index in [-0.39, 0.29) is 0 Å². The fourth-order valence-corrected chi connectivity index (χ4v) is 4.32. The maximum absolute atomic E-state index is 5.43. The highest BCUT2D eigenvalue weighted by molar-refractivity contribution is 7.15. The summed E-state index contributed by atoms with van der Waals surface area (Å²) in [6, 6.07) is 0. The van der Waals surface area contributed by atoms with Crippen LogP contribution in [0.15, 0.2) is 17.9 Å². The molecule has 0 N–H and O–H groups in total. The van der Waals surface area contributed by atoms with E-state index in [0.29, 0.717) is 11.8 Å². The van der Waals surface area contributed by atoms with E-state index < -0.39 is 0 Å². The van der Waals surface area contributed by atoms with Crippen LogP contribution in [0.1, 0.15) is 41.4 Å². The second kappa shape index (κ2) is 5.53. The Balaban J connectivity index is 1.46. The number of imidazole rings is 1. The monoisotopic (exact) mass is 341 g/mol. The molecule has 7 heteroatoms. The lowest BCUT2D eigenvalue weighted by molar-refractivity contribution is 0.232. The predicted molar refractivity (Wildman–Crippen MR) is 91.4 cm³/mol. The molecule has 1 saturated carbocycles. The first-order valence-corrected chi connectivity index (χ1v) is 9.25. The maximum atomic E-state index is 5.43. The van der Waals surface area contributed by atoms with Crippen LogP contribution in [0.4, 0.5) is 0 Å². The number of hydrogen-bond acceptors (Lipinski definition) is 6. The van der Waals surface area contributed by atoms with Gasteiger partial charge in [-0.15, -0.1) is 11.3 Å². The Kier molecular flexibility index (Phi) is 3.31. The van der Waals surface area contributed by atoms with Crippen LogP contribution in [-0.2, 0) is 19.5 Å². The van der Waals surface area contributed by atoms with Gasteiger partial charge in [0, 0.05) is 49.1 Å². The second-order valence-corrected chi connectivity index (χ2v) is 7.42. The molecule has 4 heterocycles. The molecule has 1 aliphatic carbocycles. The SMILES string of the molecule is COc1ncnc2c1CN(Cc1c(C3CC3)nc3sccn13)CC2. The molecule has 0 radical (unpaired) electrons. The summed E-state index contributed by atoms with van der Waals surface area (Å²) in [5, 5.41) is 2.12. The van der Waals surface area contributed by atoms with Gasteiger partial charge in [-0.1, -0.05) is 0 Å². The Hall–Kier alpha value is -1.99. The van der Waals surface area contributed by atoms with Gasteiger partial charge in [0.2, 0.25) is 5.88 Å². The molecule has 1 fully saturated rings. The van der Waals surface area contributed by atoms with E-state index in [2.05, 4.69) is 30.8 Å². The summed E-state index contributed by atoms with van der Waals surface area (Å²) in [7, 11) is 1.68. The van der Waals surface area contributed by atoms with Gasteiger partial charge in [0.25, 0.3) is 0 Å². The zero-order chi connectivity index (χ0) is 16.1. The van der Waals surface area contributed by atoms with E-state index in [1.54, 1.807) is 24.8 Å². The lowest BCUT2D eigenvalue weighted by Gasteiger charge is -2.28. The van der Waals surface area contributed by atoms with Crippen LogP contribution in [0, 0.1) is 0 Å². The molecule has 0 bridgehead atoms. The lowest BCUT2D eigenvalue weighted by atomic mass is 10.1. The van der Waals surface area contributed by atoms with E-state index >= 15 is 0 Å². The van der Waals surface area contributed by atoms with Crippen molar-refractivity contribution in [2.75, 3.05) is 13.7 Å². The highest BCUT2D eigenvalue weighted by Crippen LogP contribution is 2.42. The third kappa shape index (κ3) is 2.31. The van der Waals surface area contributed by atoms with Gasteiger partial charge < -0.3 is 4.74 Å². The summed E-state index contributed by atoms with van der Waals surface area (Å²) < 4.78 is 7.70. The molecular formula is C17H19N5OS. The molecule has 0 spiro atoms.